The number of ether oxygens (including phenoxy) is 2. The van der Waals surface area contributed by atoms with Gasteiger partial charge in [-0.3, -0.25) is 9.36 Å². The molecule has 0 saturated carbocycles. The summed E-state index contributed by atoms with van der Waals surface area (Å²) in [5.41, 5.74) is 0. The lowest BCUT2D eigenvalue weighted by Gasteiger charge is -2.28. The fraction of sp³-hybridized carbons (Fsp3) is 0.820. The number of phosphoric ester groups is 1. The number of allylic oxidation sites excluding steroid dienone is 8. The number of esters is 1. The highest BCUT2D eigenvalue weighted by molar-refractivity contribution is 7.45. The van der Waals surface area contributed by atoms with Gasteiger partial charge < -0.3 is 27.9 Å². The largest absolute Gasteiger partial charge is 0.756 e. The number of carbonyl (C=O) groups excluding carboxylic acids is 1. The van der Waals surface area contributed by atoms with Gasteiger partial charge in [0.25, 0.3) is 7.82 Å². The molecule has 0 aromatic heterocycles. The van der Waals surface area contributed by atoms with Crippen molar-refractivity contribution in [2.45, 2.75) is 213 Å². The topological polar surface area (TPSA) is 94.1 Å². The minimum absolute atomic E-state index is 0.0220. The van der Waals surface area contributed by atoms with Crippen LogP contribution < -0.4 is 4.89 Å². The zero-order chi connectivity index (χ0) is 43.4. The number of unbranched alkanes of at least 4 members (excludes halogenated alkanes) is 23. The number of nitrogens with zero attached hydrogens (tertiary/aromatic N) is 1. The number of hydrogen-bond donors (Lipinski definition) is 0. The second-order valence-corrected chi connectivity index (χ2v) is 18.9. The summed E-state index contributed by atoms with van der Waals surface area (Å²) in [4.78, 5) is 25.1. The van der Waals surface area contributed by atoms with Gasteiger partial charge in [-0.15, -0.1) is 0 Å². The van der Waals surface area contributed by atoms with Crippen molar-refractivity contribution in [1.82, 2.24) is 0 Å². The fourth-order valence-corrected chi connectivity index (χ4v) is 7.28. The highest BCUT2D eigenvalue weighted by Gasteiger charge is 2.20. The predicted molar refractivity (Wildman–Crippen MR) is 250 cm³/mol. The van der Waals surface area contributed by atoms with Crippen LogP contribution in [0.3, 0.4) is 0 Å². The summed E-state index contributed by atoms with van der Waals surface area (Å²) in [6, 6.07) is 0. The zero-order valence-electron chi connectivity index (χ0n) is 39.2. The van der Waals surface area contributed by atoms with E-state index in [0.717, 1.165) is 51.4 Å². The van der Waals surface area contributed by atoms with Gasteiger partial charge >= 0.3 is 5.97 Å². The molecule has 0 aliphatic rings. The van der Waals surface area contributed by atoms with Gasteiger partial charge in [0, 0.05) is 13.0 Å². The number of hydrogen-bond acceptors (Lipinski definition) is 7. The Kier molecular flexibility index (Phi) is 42.0. The Labute approximate surface area is 365 Å². The molecule has 0 saturated heterocycles. The van der Waals surface area contributed by atoms with Crippen molar-refractivity contribution in [3.8, 4) is 0 Å². The first kappa shape index (κ1) is 57.5. The van der Waals surface area contributed by atoms with E-state index in [-0.39, 0.29) is 25.8 Å². The number of carbonyl (C=O) groups is 1. The molecule has 0 heterocycles. The van der Waals surface area contributed by atoms with Crippen molar-refractivity contribution < 1.29 is 37.3 Å². The van der Waals surface area contributed by atoms with E-state index in [1.165, 1.54) is 135 Å². The predicted octanol–water partition coefficient (Wildman–Crippen LogP) is 14.1. The number of phosphoric acid groups is 1. The molecule has 0 aliphatic heterocycles. The van der Waals surface area contributed by atoms with Crippen LogP contribution in [0.15, 0.2) is 48.6 Å². The minimum Gasteiger partial charge on any atom is -0.756 e. The van der Waals surface area contributed by atoms with E-state index >= 15 is 0 Å². The maximum atomic E-state index is 12.7. The van der Waals surface area contributed by atoms with E-state index in [0.29, 0.717) is 24.1 Å². The Bertz CT molecular complexity index is 1080. The van der Waals surface area contributed by atoms with E-state index in [1.807, 2.05) is 21.1 Å². The Morgan fingerprint density at radius 2 is 0.932 bits per heavy atom. The molecule has 0 spiro atoms. The average Bonchev–Trinajstić information content (AvgIpc) is 3.19. The molecule has 0 amide bonds. The van der Waals surface area contributed by atoms with Gasteiger partial charge in [-0.25, -0.2) is 0 Å². The standard InChI is InChI=1S/C50H94NO7P/c1-6-8-10-12-14-16-18-20-22-24-25-26-28-30-32-34-36-38-40-42-45-55-47-49(48-57-59(53,54)56-46-44-51(3,4)5)58-50(52)43-41-39-37-35-33-31-29-27-23-21-19-17-15-13-11-9-7-2/h14,16,20-23,25-26,49H,6-13,15,17-19,24,27-48H2,1-5H3/b16-14-,22-20-,23-21-,26-25-. The van der Waals surface area contributed by atoms with E-state index in [9.17, 15) is 14.3 Å². The summed E-state index contributed by atoms with van der Waals surface area (Å²) >= 11 is 0. The summed E-state index contributed by atoms with van der Waals surface area (Å²) < 4.78 is 34.7. The van der Waals surface area contributed by atoms with Crippen molar-refractivity contribution >= 4 is 13.8 Å². The molecule has 0 aromatic carbocycles. The van der Waals surface area contributed by atoms with E-state index < -0.39 is 13.9 Å². The van der Waals surface area contributed by atoms with Crippen molar-refractivity contribution in [2.75, 3.05) is 54.1 Å². The van der Waals surface area contributed by atoms with Gasteiger partial charge in [0.05, 0.1) is 34.4 Å². The van der Waals surface area contributed by atoms with Crippen LogP contribution in [0, 0.1) is 0 Å². The quantitative estimate of drug-likeness (QED) is 0.0198. The number of quaternary nitrogens is 1. The molecule has 0 N–H and O–H groups in total. The molecule has 2 unspecified atom stereocenters. The Hall–Kier alpha value is -1.54. The smallest absolute Gasteiger partial charge is 0.306 e. The zero-order valence-corrected chi connectivity index (χ0v) is 40.1. The SMILES string of the molecule is CCCCC/C=C\C/C=C\C/C=C\CCCCCCCCCOCC(COP(=O)([O-])OCC[N+](C)(C)C)OC(=O)CCCCCCCCC/C=C\CCCCCCCC. The van der Waals surface area contributed by atoms with E-state index in [4.69, 9.17) is 18.5 Å². The molecule has 2 atom stereocenters. The van der Waals surface area contributed by atoms with Crippen LogP contribution in [0.4, 0.5) is 0 Å². The number of likely N-dealkylation sites (N-methyl/N-ethyl adjacent to an activating group) is 1. The number of rotatable bonds is 45. The summed E-state index contributed by atoms with van der Waals surface area (Å²) in [6.45, 7) is 5.36. The first-order valence-corrected chi connectivity index (χ1v) is 25.8. The molecule has 9 heteroatoms. The Morgan fingerprint density at radius 3 is 1.44 bits per heavy atom. The lowest BCUT2D eigenvalue weighted by atomic mass is 10.1. The molecule has 0 bridgehead atoms. The van der Waals surface area contributed by atoms with Crippen LogP contribution in [-0.2, 0) is 27.9 Å². The lowest BCUT2D eigenvalue weighted by Crippen LogP contribution is -2.37. The van der Waals surface area contributed by atoms with Crippen molar-refractivity contribution in [1.29, 1.82) is 0 Å². The van der Waals surface area contributed by atoms with Gasteiger partial charge in [0.2, 0.25) is 0 Å². The highest BCUT2D eigenvalue weighted by atomic mass is 31.2. The van der Waals surface area contributed by atoms with Gasteiger partial charge in [-0.2, -0.15) is 0 Å². The van der Waals surface area contributed by atoms with Crippen LogP contribution in [0.1, 0.15) is 206 Å². The molecule has 59 heavy (non-hydrogen) atoms. The normalized spacial score (nSPS) is 14.1. The van der Waals surface area contributed by atoms with Gasteiger partial charge in [-0.1, -0.05) is 172 Å². The van der Waals surface area contributed by atoms with Crippen molar-refractivity contribution in [3.63, 3.8) is 0 Å². The van der Waals surface area contributed by atoms with Gasteiger partial charge in [-0.05, 0) is 77.0 Å². The van der Waals surface area contributed by atoms with Gasteiger partial charge in [0.15, 0.2) is 0 Å². The molecule has 8 nitrogen and oxygen atoms in total. The maximum Gasteiger partial charge on any atom is 0.306 e. The molecule has 0 aromatic rings. The molecule has 0 rings (SSSR count). The lowest BCUT2D eigenvalue weighted by molar-refractivity contribution is -0.870. The third-order valence-corrected chi connectivity index (χ3v) is 11.3. The first-order chi connectivity index (χ1) is 28.6. The summed E-state index contributed by atoms with van der Waals surface area (Å²) in [5, 5.41) is 0. The van der Waals surface area contributed by atoms with Crippen LogP contribution in [-0.4, -0.2) is 70.7 Å². The Balaban J connectivity index is 4.21. The molecule has 0 fully saturated rings. The summed E-state index contributed by atoms with van der Waals surface area (Å²) in [5.74, 6) is -0.342. The van der Waals surface area contributed by atoms with Crippen LogP contribution in [0.25, 0.3) is 0 Å². The molecular formula is C50H94NO7P. The summed E-state index contributed by atoms with van der Waals surface area (Å²) in [6.07, 6.45) is 52.6. The summed E-state index contributed by atoms with van der Waals surface area (Å²) in [7, 11) is 1.34. The molecular weight excluding hydrogens is 758 g/mol. The van der Waals surface area contributed by atoms with E-state index in [2.05, 4.69) is 62.5 Å². The fourth-order valence-electron chi connectivity index (χ4n) is 6.55. The third kappa shape index (κ3) is 47.4. The first-order valence-electron chi connectivity index (χ1n) is 24.4. The average molecular weight is 852 g/mol. The maximum absolute atomic E-state index is 12.7. The van der Waals surface area contributed by atoms with Crippen LogP contribution in [0.2, 0.25) is 0 Å². The second-order valence-electron chi connectivity index (χ2n) is 17.5. The minimum atomic E-state index is -4.53. The Morgan fingerprint density at radius 1 is 0.525 bits per heavy atom. The molecule has 0 aliphatic carbocycles. The van der Waals surface area contributed by atoms with Crippen LogP contribution >= 0.6 is 7.82 Å². The van der Waals surface area contributed by atoms with E-state index in [1.54, 1.807) is 0 Å². The third-order valence-electron chi connectivity index (χ3n) is 10.4. The molecule has 346 valence electrons. The van der Waals surface area contributed by atoms with Crippen molar-refractivity contribution in [2.24, 2.45) is 0 Å². The molecule has 0 radical (unpaired) electrons. The monoisotopic (exact) mass is 852 g/mol. The second kappa shape index (κ2) is 43.1. The van der Waals surface area contributed by atoms with Crippen LogP contribution in [0.5, 0.6) is 0 Å². The van der Waals surface area contributed by atoms with Gasteiger partial charge in [0.1, 0.15) is 19.3 Å². The van der Waals surface area contributed by atoms with Crippen molar-refractivity contribution in [3.05, 3.63) is 48.6 Å². The highest BCUT2D eigenvalue weighted by Crippen LogP contribution is 2.38.